The molecule has 1 nitrogen and oxygen atoms in total. The summed E-state index contributed by atoms with van der Waals surface area (Å²) in [5, 5.41) is 0. The topological polar surface area (TPSA) is 9.23 Å². The fourth-order valence-electron chi connectivity index (χ4n) is 1.38. The predicted octanol–water partition coefficient (Wildman–Crippen LogP) is 4.14. The number of ether oxygens (including phenoxy) is 1. The zero-order chi connectivity index (χ0) is 12.8. The Morgan fingerprint density at radius 3 is 2.00 bits per heavy atom. The Bertz CT molecular complexity index is 435. The van der Waals surface area contributed by atoms with E-state index in [-0.39, 0.29) is 11.6 Å². The highest BCUT2D eigenvalue weighted by molar-refractivity contribution is 7.99. The number of halogens is 2. The summed E-state index contributed by atoms with van der Waals surface area (Å²) in [5.41, 5.74) is 0. The highest BCUT2D eigenvalue weighted by Crippen LogP contribution is 2.18. The second-order valence-corrected chi connectivity index (χ2v) is 4.77. The molecule has 0 fully saturated rings. The van der Waals surface area contributed by atoms with Crippen molar-refractivity contribution in [3.63, 3.8) is 0 Å². The van der Waals surface area contributed by atoms with Gasteiger partial charge in [0, 0.05) is 10.6 Å². The normalized spacial score (nSPS) is 10.3. The Hall–Kier alpha value is -1.55. The highest BCUT2D eigenvalue weighted by atomic mass is 32.2. The first-order chi connectivity index (χ1) is 8.74. The maximum Gasteiger partial charge on any atom is 0.123 e. The third-order valence-electron chi connectivity index (χ3n) is 2.25. The Morgan fingerprint density at radius 1 is 0.833 bits per heavy atom. The fourth-order valence-corrected chi connectivity index (χ4v) is 2.11. The smallest absolute Gasteiger partial charge is 0.123 e. The molecule has 0 aromatic heterocycles. The molecule has 94 valence electrons. The van der Waals surface area contributed by atoms with Crippen LogP contribution in [0.4, 0.5) is 8.78 Å². The van der Waals surface area contributed by atoms with E-state index in [1.54, 1.807) is 36.0 Å². The minimum atomic E-state index is -0.275. The molecule has 0 saturated heterocycles. The van der Waals surface area contributed by atoms with Gasteiger partial charge < -0.3 is 4.74 Å². The fraction of sp³-hybridized carbons (Fsp3) is 0.143. The minimum Gasteiger partial charge on any atom is -0.493 e. The molecule has 0 saturated carbocycles. The Balaban J connectivity index is 1.73. The predicted molar refractivity (Wildman–Crippen MR) is 69.0 cm³/mol. The summed E-state index contributed by atoms with van der Waals surface area (Å²) in [5.74, 6) is 0.893. The maximum absolute atomic E-state index is 12.7. The number of hydrogen-bond acceptors (Lipinski definition) is 2. The van der Waals surface area contributed by atoms with Crippen molar-refractivity contribution in [1.82, 2.24) is 0 Å². The van der Waals surface area contributed by atoms with Gasteiger partial charge in [-0.05, 0) is 48.5 Å². The van der Waals surface area contributed by atoms with E-state index in [1.807, 2.05) is 0 Å². The average molecular weight is 266 g/mol. The van der Waals surface area contributed by atoms with Crippen molar-refractivity contribution in [1.29, 1.82) is 0 Å². The SMILES string of the molecule is Fc1ccc(OCCSc2ccc(F)cc2)cc1. The molecule has 18 heavy (non-hydrogen) atoms. The summed E-state index contributed by atoms with van der Waals surface area (Å²) in [6.45, 7) is 0.522. The first-order valence-electron chi connectivity index (χ1n) is 5.51. The van der Waals surface area contributed by atoms with Gasteiger partial charge in [0.15, 0.2) is 0 Å². The van der Waals surface area contributed by atoms with Gasteiger partial charge in [0.1, 0.15) is 17.4 Å². The molecule has 0 aliphatic rings. The van der Waals surface area contributed by atoms with Crippen LogP contribution in [0.1, 0.15) is 0 Å². The van der Waals surface area contributed by atoms with Crippen molar-refractivity contribution in [2.75, 3.05) is 12.4 Å². The van der Waals surface area contributed by atoms with Gasteiger partial charge in [-0.15, -0.1) is 11.8 Å². The van der Waals surface area contributed by atoms with E-state index in [2.05, 4.69) is 0 Å². The molecule has 0 heterocycles. The lowest BCUT2D eigenvalue weighted by molar-refractivity contribution is 0.343. The first-order valence-corrected chi connectivity index (χ1v) is 6.49. The Labute approximate surface area is 109 Å². The summed E-state index contributed by atoms with van der Waals surface area (Å²) in [4.78, 5) is 0.999. The van der Waals surface area contributed by atoms with Crippen molar-refractivity contribution in [2.45, 2.75) is 4.90 Å². The quantitative estimate of drug-likeness (QED) is 0.594. The summed E-state index contributed by atoms with van der Waals surface area (Å²) < 4.78 is 30.7. The summed E-state index contributed by atoms with van der Waals surface area (Å²) in [7, 11) is 0. The molecule has 0 atom stereocenters. The van der Waals surface area contributed by atoms with Crippen molar-refractivity contribution in [2.24, 2.45) is 0 Å². The van der Waals surface area contributed by atoms with Crippen molar-refractivity contribution < 1.29 is 13.5 Å². The van der Waals surface area contributed by atoms with Gasteiger partial charge in [-0.2, -0.15) is 0 Å². The molecule has 2 rings (SSSR count). The summed E-state index contributed by atoms with van der Waals surface area (Å²) in [6, 6.07) is 12.3. The second-order valence-electron chi connectivity index (χ2n) is 3.60. The van der Waals surface area contributed by atoms with Crippen LogP contribution in [0.3, 0.4) is 0 Å². The van der Waals surface area contributed by atoms with Gasteiger partial charge in [0.2, 0.25) is 0 Å². The van der Waals surface area contributed by atoms with Crippen LogP contribution in [-0.2, 0) is 0 Å². The maximum atomic E-state index is 12.7. The minimum absolute atomic E-state index is 0.234. The van der Waals surface area contributed by atoms with Gasteiger partial charge in [0.25, 0.3) is 0 Å². The third kappa shape index (κ3) is 4.04. The molecule has 0 amide bonds. The van der Waals surface area contributed by atoms with Crippen LogP contribution in [0.15, 0.2) is 53.4 Å². The van der Waals surface area contributed by atoms with Crippen molar-refractivity contribution in [3.8, 4) is 5.75 Å². The molecule has 0 spiro atoms. The lowest BCUT2D eigenvalue weighted by Crippen LogP contribution is -1.99. The van der Waals surface area contributed by atoms with Gasteiger partial charge in [-0.25, -0.2) is 8.78 Å². The molecule has 0 N–H and O–H groups in total. The van der Waals surface area contributed by atoms with Crippen LogP contribution in [0, 0.1) is 11.6 Å². The number of benzene rings is 2. The Morgan fingerprint density at radius 2 is 1.39 bits per heavy atom. The van der Waals surface area contributed by atoms with Crippen LogP contribution < -0.4 is 4.74 Å². The second kappa shape index (κ2) is 6.40. The standard InChI is InChI=1S/C14H12F2OS/c15-11-1-5-13(6-2-11)17-9-10-18-14-7-3-12(16)4-8-14/h1-8H,9-10H2. The van der Waals surface area contributed by atoms with E-state index in [0.29, 0.717) is 12.4 Å². The average Bonchev–Trinajstić information content (AvgIpc) is 2.39. The van der Waals surface area contributed by atoms with E-state index in [9.17, 15) is 8.78 Å². The van der Waals surface area contributed by atoms with E-state index in [1.165, 1.54) is 24.3 Å². The van der Waals surface area contributed by atoms with Crippen LogP contribution in [0.2, 0.25) is 0 Å². The molecule has 4 heteroatoms. The first kappa shape index (κ1) is 12.9. The Kier molecular flexibility index (Phi) is 4.59. The zero-order valence-electron chi connectivity index (χ0n) is 9.61. The largest absolute Gasteiger partial charge is 0.493 e. The van der Waals surface area contributed by atoms with E-state index < -0.39 is 0 Å². The molecule has 0 aliphatic carbocycles. The van der Waals surface area contributed by atoms with E-state index >= 15 is 0 Å². The molecular formula is C14H12F2OS. The number of thioether (sulfide) groups is 1. The lowest BCUT2D eigenvalue weighted by atomic mass is 10.3. The van der Waals surface area contributed by atoms with Crippen LogP contribution >= 0.6 is 11.8 Å². The van der Waals surface area contributed by atoms with Crippen LogP contribution in [0.25, 0.3) is 0 Å². The van der Waals surface area contributed by atoms with Crippen molar-refractivity contribution in [3.05, 3.63) is 60.2 Å². The van der Waals surface area contributed by atoms with Crippen LogP contribution in [0.5, 0.6) is 5.75 Å². The molecule has 2 aromatic carbocycles. The van der Waals surface area contributed by atoms with E-state index in [0.717, 1.165) is 10.6 Å². The molecule has 0 radical (unpaired) electrons. The number of hydrogen-bond donors (Lipinski definition) is 0. The monoisotopic (exact) mass is 266 g/mol. The lowest BCUT2D eigenvalue weighted by Gasteiger charge is -2.05. The van der Waals surface area contributed by atoms with Gasteiger partial charge in [0.05, 0.1) is 6.61 Å². The molecule has 2 aromatic rings. The summed E-state index contributed by atoms with van der Waals surface area (Å²) in [6.07, 6.45) is 0. The van der Waals surface area contributed by atoms with E-state index in [4.69, 9.17) is 4.74 Å². The third-order valence-corrected chi connectivity index (χ3v) is 3.22. The summed E-state index contributed by atoms with van der Waals surface area (Å²) >= 11 is 1.59. The molecule has 0 aliphatic heterocycles. The van der Waals surface area contributed by atoms with Gasteiger partial charge in [-0.1, -0.05) is 0 Å². The van der Waals surface area contributed by atoms with Gasteiger partial charge >= 0.3 is 0 Å². The van der Waals surface area contributed by atoms with Gasteiger partial charge in [-0.3, -0.25) is 0 Å². The highest BCUT2D eigenvalue weighted by Gasteiger charge is 1.97. The molecule has 0 unspecified atom stereocenters. The van der Waals surface area contributed by atoms with Crippen molar-refractivity contribution >= 4 is 11.8 Å². The molecule has 0 bridgehead atoms. The molecular weight excluding hydrogens is 254 g/mol. The van der Waals surface area contributed by atoms with Crippen LogP contribution in [-0.4, -0.2) is 12.4 Å². The zero-order valence-corrected chi connectivity index (χ0v) is 10.4. The number of rotatable bonds is 5.